The van der Waals surface area contributed by atoms with Crippen LogP contribution in [-0.2, 0) is 6.54 Å². The summed E-state index contributed by atoms with van der Waals surface area (Å²) in [5.41, 5.74) is 5.38. The number of hydrogen-bond donors (Lipinski definition) is 0. The van der Waals surface area contributed by atoms with E-state index in [0.717, 1.165) is 22.4 Å². The number of pyridine rings is 1. The molecule has 21 heavy (non-hydrogen) atoms. The van der Waals surface area contributed by atoms with Crippen LogP contribution in [0.3, 0.4) is 0 Å². The third-order valence-corrected chi connectivity index (χ3v) is 3.98. The van der Waals surface area contributed by atoms with Crippen LogP contribution in [-0.4, -0.2) is 14.5 Å². The fourth-order valence-electron chi connectivity index (χ4n) is 2.45. The van der Waals surface area contributed by atoms with Gasteiger partial charge in [-0.25, -0.2) is 9.97 Å². The summed E-state index contributed by atoms with van der Waals surface area (Å²) in [5, 5.41) is 0.464. The highest BCUT2D eigenvalue weighted by molar-refractivity contribution is 6.32. The van der Waals surface area contributed by atoms with Crippen LogP contribution in [0.25, 0.3) is 22.4 Å². The number of benzene rings is 1. The third-order valence-electron chi connectivity index (χ3n) is 3.68. The summed E-state index contributed by atoms with van der Waals surface area (Å²) in [4.78, 5) is 8.90. The van der Waals surface area contributed by atoms with Gasteiger partial charge < -0.3 is 4.57 Å². The van der Waals surface area contributed by atoms with Crippen molar-refractivity contribution < 1.29 is 0 Å². The van der Waals surface area contributed by atoms with E-state index in [1.54, 1.807) is 6.20 Å². The molecule has 0 radical (unpaired) electrons. The van der Waals surface area contributed by atoms with Crippen molar-refractivity contribution in [3.8, 4) is 11.4 Å². The standard InChI is InChI=1S/C17H16ClN3/c1-4-8-21-15-10-12(3)11(2)9-14(15)20-17(21)13-6-5-7-19-16(13)18/h4-7,9-10H,1,8H2,2-3H3. The lowest BCUT2D eigenvalue weighted by molar-refractivity contribution is 0.860. The van der Waals surface area contributed by atoms with E-state index in [9.17, 15) is 0 Å². The van der Waals surface area contributed by atoms with Crippen LogP contribution in [0, 0.1) is 13.8 Å². The van der Waals surface area contributed by atoms with Gasteiger partial charge in [0.15, 0.2) is 0 Å². The molecule has 1 aromatic carbocycles. The Morgan fingerprint density at radius 1 is 1.29 bits per heavy atom. The Labute approximate surface area is 128 Å². The zero-order chi connectivity index (χ0) is 15.0. The predicted octanol–water partition coefficient (Wildman–Crippen LogP) is 4.55. The Morgan fingerprint density at radius 3 is 2.76 bits per heavy atom. The normalized spacial score (nSPS) is 11.0. The molecule has 2 aromatic heterocycles. The second kappa shape index (κ2) is 5.34. The van der Waals surface area contributed by atoms with Crippen LogP contribution >= 0.6 is 11.6 Å². The van der Waals surface area contributed by atoms with Crippen LogP contribution in [0.2, 0.25) is 5.15 Å². The van der Waals surface area contributed by atoms with Gasteiger partial charge in [-0.05, 0) is 49.2 Å². The van der Waals surface area contributed by atoms with Crippen LogP contribution in [0.5, 0.6) is 0 Å². The number of allylic oxidation sites excluding steroid dienone is 1. The van der Waals surface area contributed by atoms with E-state index in [-0.39, 0.29) is 0 Å². The summed E-state index contributed by atoms with van der Waals surface area (Å²) >= 11 is 6.23. The molecule has 0 aliphatic heterocycles. The molecule has 4 heteroatoms. The molecule has 0 fully saturated rings. The van der Waals surface area contributed by atoms with Gasteiger partial charge in [0.2, 0.25) is 0 Å². The maximum atomic E-state index is 6.23. The maximum absolute atomic E-state index is 6.23. The minimum absolute atomic E-state index is 0.464. The number of aromatic nitrogens is 3. The van der Waals surface area contributed by atoms with E-state index in [2.05, 4.69) is 42.1 Å². The number of nitrogens with zero attached hydrogens (tertiary/aromatic N) is 3. The molecule has 3 aromatic rings. The first-order valence-corrected chi connectivity index (χ1v) is 7.19. The predicted molar refractivity (Wildman–Crippen MR) is 87.6 cm³/mol. The molecular formula is C17H16ClN3. The number of rotatable bonds is 3. The van der Waals surface area contributed by atoms with Gasteiger partial charge in [-0.2, -0.15) is 0 Å². The van der Waals surface area contributed by atoms with Gasteiger partial charge in [0, 0.05) is 12.7 Å². The molecule has 0 aliphatic rings. The van der Waals surface area contributed by atoms with E-state index in [1.165, 1.54) is 11.1 Å². The molecule has 106 valence electrons. The topological polar surface area (TPSA) is 30.7 Å². The van der Waals surface area contributed by atoms with Crippen molar-refractivity contribution in [2.45, 2.75) is 20.4 Å². The van der Waals surface area contributed by atoms with Gasteiger partial charge in [-0.1, -0.05) is 17.7 Å². The largest absolute Gasteiger partial charge is 0.320 e. The van der Waals surface area contributed by atoms with Crippen molar-refractivity contribution in [2.75, 3.05) is 0 Å². The second-order valence-electron chi connectivity index (χ2n) is 5.10. The first-order chi connectivity index (χ1) is 10.1. The SMILES string of the molecule is C=CCn1c(-c2cccnc2Cl)nc2cc(C)c(C)cc21. The average Bonchev–Trinajstić information content (AvgIpc) is 2.79. The minimum Gasteiger partial charge on any atom is -0.320 e. The highest BCUT2D eigenvalue weighted by atomic mass is 35.5. The van der Waals surface area contributed by atoms with Gasteiger partial charge in [-0.15, -0.1) is 6.58 Å². The Bertz CT molecular complexity index is 833. The molecule has 0 saturated heterocycles. The van der Waals surface area contributed by atoms with Crippen LogP contribution in [0.1, 0.15) is 11.1 Å². The maximum Gasteiger partial charge on any atom is 0.144 e. The van der Waals surface area contributed by atoms with Crippen LogP contribution < -0.4 is 0 Å². The molecule has 0 unspecified atom stereocenters. The minimum atomic E-state index is 0.464. The van der Waals surface area contributed by atoms with E-state index in [0.29, 0.717) is 11.7 Å². The summed E-state index contributed by atoms with van der Waals surface area (Å²) in [5.74, 6) is 0.827. The number of halogens is 1. The number of fused-ring (bicyclic) bond motifs is 1. The fraction of sp³-hybridized carbons (Fsp3) is 0.176. The van der Waals surface area contributed by atoms with Crippen molar-refractivity contribution in [2.24, 2.45) is 0 Å². The summed E-state index contributed by atoms with van der Waals surface area (Å²) < 4.78 is 2.12. The number of aryl methyl sites for hydroxylation is 2. The van der Waals surface area contributed by atoms with Crippen molar-refractivity contribution >= 4 is 22.6 Å². The summed E-state index contributed by atoms with van der Waals surface area (Å²) in [6, 6.07) is 8.08. The molecule has 0 amide bonds. The van der Waals surface area contributed by atoms with Gasteiger partial charge in [0.25, 0.3) is 0 Å². The first-order valence-electron chi connectivity index (χ1n) is 6.81. The van der Waals surface area contributed by atoms with Crippen molar-refractivity contribution in [3.63, 3.8) is 0 Å². The lowest BCUT2D eigenvalue weighted by atomic mass is 10.1. The second-order valence-corrected chi connectivity index (χ2v) is 5.46. The van der Waals surface area contributed by atoms with Gasteiger partial charge in [-0.3, -0.25) is 0 Å². The Hall–Kier alpha value is -2.13. The molecule has 2 heterocycles. The number of imidazole rings is 1. The third kappa shape index (κ3) is 2.34. The lowest BCUT2D eigenvalue weighted by Gasteiger charge is -2.08. The molecule has 0 N–H and O–H groups in total. The molecule has 3 nitrogen and oxygen atoms in total. The van der Waals surface area contributed by atoms with E-state index in [4.69, 9.17) is 16.6 Å². The number of hydrogen-bond acceptors (Lipinski definition) is 2. The van der Waals surface area contributed by atoms with E-state index in [1.807, 2.05) is 18.2 Å². The van der Waals surface area contributed by atoms with Crippen molar-refractivity contribution in [1.82, 2.24) is 14.5 Å². The Morgan fingerprint density at radius 2 is 2.05 bits per heavy atom. The average molecular weight is 298 g/mol. The van der Waals surface area contributed by atoms with Gasteiger partial charge >= 0.3 is 0 Å². The fourth-order valence-corrected chi connectivity index (χ4v) is 2.66. The molecule has 0 bridgehead atoms. The van der Waals surface area contributed by atoms with E-state index < -0.39 is 0 Å². The van der Waals surface area contributed by atoms with Crippen LogP contribution in [0.4, 0.5) is 0 Å². The van der Waals surface area contributed by atoms with Crippen LogP contribution in [0.15, 0.2) is 43.1 Å². The van der Waals surface area contributed by atoms with E-state index >= 15 is 0 Å². The molecule has 0 saturated carbocycles. The lowest BCUT2D eigenvalue weighted by Crippen LogP contribution is -1.99. The molecule has 0 atom stereocenters. The quantitative estimate of drug-likeness (QED) is 0.524. The molecule has 3 rings (SSSR count). The zero-order valence-electron chi connectivity index (χ0n) is 12.1. The van der Waals surface area contributed by atoms with Gasteiger partial charge in [0.1, 0.15) is 11.0 Å². The molecular weight excluding hydrogens is 282 g/mol. The Kier molecular flexibility index (Phi) is 3.52. The zero-order valence-corrected chi connectivity index (χ0v) is 12.9. The summed E-state index contributed by atoms with van der Waals surface area (Å²) in [6.45, 7) is 8.73. The summed E-state index contributed by atoms with van der Waals surface area (Å²) in [6.07, 6.45) is 3.55. The highest BCUT2D eigenvalue weighted by Gasteiger charge is 2.15. The first kappa shape index (κ1) is 13.8. The van der Waals surface area contributed by atoms with Crippen molar-refractivity contribution in [1.29, 1.82) is 0 Å². The Balaban J connectivity index is 2.34. The summed E-state index contributed by atoms with van der Waals surface area (Å²) in [7, 11) is 0. The van der Waals surface area contributed by atoms with Gasteiger partial charge in [0.05, 0.1) is 16.6 Å². The highest BCUT2D eigenvalue weighted by Crippen LogP contribution is 2.30. The molecule has 0 aliphatic carbocycles. The van der Waals surface area contributed by atoms with Crippen molar-refractivity contribution in [3.05, 3.63) is 59.4 Å². The smallest absolute Gasteiger partial charge is 0.144 e. The monoisotopic (exact) mass is 297 g/mol. The molecule has 0 spiro atoms.